The maximum absolute atomic E-state index is 5.88. The summed E-state index contributed by atoms with van der Waals surface area (Å²) >= 11 is 0. The number of unbranched alkanes of at least 4 members (excludes halogenated alkanes) is 2. The van der Waals surface area contributed by atoms with Crippen LogP contribution in [0.5, 0.6) is 5.75 Å². The summed E-state index contributed by atoms with van der Waals surface area (Å²) < 4.78 is 5.56. The van der Waals surface area contributed by atoms with Gasteiger partial charge in [0.15, 0.2) is 0 Å². The minimum Gasteiger partial charge on any atom is -0.496 e. The number of aryl methyl sites for hydroxylation is 1. The molecule has 0 unspecified atom stereocenters. The molecule has 0 saturated heterocycles. The smallest absolute Gasteiger partial charge is 0.222 e. The Morgan fingerprint density at radius 2 is 2.00 bits per heavy atom. The van der Waals surface area contributed by atoms with Crippen LogP contribution in [0.1, 0.15) is 48.6 Å². The minimum atomic E-state index is 0.306. The molecule has 6 nitrogen and oxygen atoms in total. The van der Waals surface area contributed by atoms with Crippen molar-refractivity contribution in [3.05, 3.63) is 40.6 Å². The van der Waals surface area contributed by atoms with Crippen LogP contribution < -0.4 is 21.1 Å². The molecule has 0 fully saturated rings. The second-order valence-corrected chi connectivity index (χ2v) is 6.48. The number of aromatic nitrogens is 2. The molecule has 0 amide bonds. The highest BCUT2D eigenvalue weighted by Gasteiger charge is 2.14. The predicted octanol–water partition coefficient (Wildman–Crippen LogP) is 3.29. The van der Waals surface area contributed by atoms with Gasteiger partial charge in [-0.05, 0) is 37.6 Å². The number of anilines is 2. The van der Waals surface area contributed by atoms with Crippen LogP contribution >= 0.6 is 0 Å². The van der Waals surface area contributed by atoms with Crippen molar-refractivity contribution in [2.24, 2.45) is 0 Å². The highest BCUT2D eigenvalue weighted by atomic mass is 16.5. The van der Waals surface area contributed by atoms with Gasteiger partial charge in [0.05, 0.1) is 7.11 Å². The van der Waals surface area contributed by atoms with Crippen molar-refractivity contribution in [1.82, 2.24) is 15.3 Å². The second kappa shape index (κ2) is 9.97. The molecule has 1 aromatic heterocycles. The molecule has 142 valence electrons. The fourth-order valence-electron chi connectivity index (χ4n) is 3.03. The molecule has 6 heteroatoms. The van der Waals surface area contributed by atoms with Gasteiger partial charge in [-0.3, -0.25) is 0 Å². The molecule has 0 aliphatic rings. The van der Waals surface area contributed by atoms with Gasteiger partial charge in [0, 0.05) is 30.8 Å². The summed E-state index contributed by atoms with van der Waals surface area (Å²) in [7, 11) is 3.65. The first-order valence-electron chi connectivity index (χ1n) is 9.26. The third-order valence-electron chi connectivity index (χ3n) is 4.40. The summed E-state index contributed by atoms with van der Waals surface area (Å²) in [6, 6.07) is 6.27. The van der Waals surface area contributed by atoms with Crippen molar-refractivity contribution in [2.75, 3.05) is 31.8 Å². The Hall–Kier alpha value is -2.34. The molecule has 1 heterocycles. The number of hydrogen-bond acceptors (Lipinski definition) is 6. The summed E-state index contributed by atoms with van der Waals surface area (Å²) in [4.78, 5) is 8.81. The Labute approximate surface area is 156 Å². The van der Waals surface area contributed by atoms with Gasteiger partial charge in [-0.1, -0.05) is 31.9 Å². The lowest BCUT2D eigenvalue weighted by Crippen LogP contribution is -2.12. The summed E-state index contributed by atoms with van der Waals surface area (Å²) in [5.41, 5.74) is 10.2. The first kappa shape index (κ1) is 20.0. The summed E-state index contributed by atoms with van der Waals surface area (Å²) in [5, 5.41) is 6.63. The predicted molar refractivity (Wildman–Crippen MR) is 108 cm³/mol. The Balaban J connectivity index is 2.31. The van der Waals surface area contributed by atoms with Gasteiger partial charge < -0.3 is 21.1 Å². The number of nitrogens with two attached hydrogens (primary N) is 1. The third kappa shape index (κ3) is 5.33. The number of nitrogens with one attached hydrogen (secondary N) is 2. The maximum atomic E-state index is 5.88. The van der Waals surface area contributed by atoms with E-state index in [9.17, 15) is 0 Å². The molecule has 26 heavy (non-hydrogen) atoms. The quantitative estimate of drug-likeness (QED) is 0.566. The number of rotatable bonds is 10. The average molecular weight is 358 g/mol. The zero-order valence-corrected chi connectivity index (χ0v) is 16.4. The second-order valence-electron chi connectivity index (χ2n) is 6.48. The van der Waals surface area contributed by atoms with Crippen LogP contribution in [0.2, 0.25) is 0 Å². The van der Waals surface area contributed by atoms with Crippen molar-refractivity contribution in [1.29, 1.82) is 0 Å². The number of hydrogen-bond donors (Lipinski definition) is 3. The van der Waals surface area contributed by atoms with E-state index >= 15 is 0 Å². The van der Waals surface area contributed by atoms with Crippen LogP contribution in [0.4, 0.5) is 11.8 Å². The van der Waals surface area contributed by atoms with Crippen molar-refractivity contribution in [3.8, 4) is 5.75 Å². The fraction of sp³-hybridized carbons (Fsp3) is 0.500. The number of benzene rings is 1. The van der Waals surface area contributed by atoms with E-state index in [1.165, 1.54) is 18.4 Å². The van der Waals surface area contributed by atoms with Crippen LogP contribution in [-0.2, 0) is 13.0 Å². The molecule has 0 aliphatic heterocycles. The van der Waals surface area contributed by atoms with Crippen LogP contribution in [-0.4, -0.2) is 30.7 Å². The molecular weight excluding hydrogens is 326 g/mol. The number of nitrogens with zero attached hydrogens (tertiary/aromatic N) is 2. The Morgan fingerprint density at radius 3 is 2.69 bits per heavy atom. The fourth-order valence-corrected chi connectivity index (χ4v) is 3.03. The van der Waals surface area contributed by atoms with Gasteiger partial charge in [-0.2, -0.15) is 4.98 Å². The van der Waals surface area contributed by atoms with Gasteiger partial charge in [0.1, 0.15) is 11.6 Å². The standard InChI is InChI=1S/C20H31N5O/c1-5-6-7-10-23-19-17(14(2)24-20(21)25-19)12-16-11-15(13-22-3)8-9-18(16)26-4/h8-9,11,22H,5-7,10,12-13H2,1-4H3,(H3,21,23,24,25). The van der Waals surface area contributed by atoms with Crippen LogP contribution in [0.3, 0.4) is 0 Å². The zero-order valence-electron chi connectivity index (χ0n) is 16.4. The largest absolute Gasteiger partial charge is 0.496 e. The van der Waals surface area contributed by atoms with E-state index in [4.69, 9.17) is 10.5 Å². The SMILES string of the molecule is CCCCCNc1nc(N)nc(C)c1Cc1cc(CNC)ccc1OC. The van der Waals surface area contributed by atoms with Crippen molar-refractivity contribution >= 4 is 11.8 Å². The highest BCUT2D eigenvalue weighted by Crippen LogP contribution is 2.27. The van der Waals surface area contributed by atoms with E-state index in [1.54, 1.807) is 7.11 Å². The normalized spacial score (nSPS) is 10.8. The van der Waals surface area contributed by atoms with Crippen molar-refractivity contribution in [3.63, 3.8) is 0 Å². The molecule has 2 rings (SSSR count). The van der Waals surface area contributed by atoms with Gasteiger partial charge in [0.2, 0.25) is 5.95 Å². The highest BCUT2D eigenvalue weighted by molar-refractivity contribution is 5.53. The van der Waals surface area contributed by atoms with Gasteiger partial charge in [-0.15, -0.1) is 0 Å². The molecule has 1 aromatic carbocycles. The van der Waals surface area contributed by atoms with Crippen molar-refractivity contribution < 1.29 is 4.74 Å². The first-order chi connectivity index (χ1) is 12.6. The van der Waals surface area contributed by atoms with Gasteiger partial charge >= 0.3 is 0 Å². The lowest BCUT2D eigenvalue weighted by Gasteiger charge is -2.16. The number of nitrogen functional groups attached to an aromatic ring is 1. The van der Waals surface area contributed by atoms with Crippen molar-refractivity contribution in [2.45, 2.75) is 46.1 Å². The molecule has 0 aliphatic carbocycles. The van der Waals surface area contributed by atoms with Crippen LogP contribution in [0, 0.1) is 6.92 Å². The topological polar surface area (TPSA) is 85.1 Å². The summed E-state index contributed by atoms with van der Waals surface area (Å²) in [6.45, 7) is 5.88. The summed E-state index contributed by atoms with van der Waals surface area (Å²) in [5.74, 6) is 2.00. The van der Waals surface area contributed by atoms with Crippen LogP contribution in [0.15, 0.2) is 18.2 Å². The first-order valence-corrected chi connectivity index (χ1v) is 9.26. The maximum Gasteiger partial charge on any atom is 0.222 e. The molecule has 0 radical (unpaired) electrons. The Morgan fingerprint density at radius 1 is 1.19 bits per heavy atom. The molecule has 4 N–H and O–H groups in total. The molecular formula is C20H31N5O. The van der Waals surface area contributed by atoms with Gasteiger partial charge in [0.25, 0.3) is 0 Å². The molecule has 0 spiro atoms. The van der Waals surface area contributed by atoms with E-state index in [0.29, 0.717) is 12.4 Å². The monoisotopic (exact) mass is 357 g/mol. The van der Waals surface area contributed by atoms with E-state index < -0.39 is 0 Å². The molecule has 0 saturated carbocycles. The van der Waals surface area contributed by atoms with E-state index in [1.807, 2.05) is 20.0 Å². The molecule has 2 aromatic rings. The Bertz CT molecular complexity index is 718. The lowest BCUT2D eigenvalue weighted by molar-refractivity contribution is 0.410. The van der Waals surface area contributed by atoms with Gasteiger partial charge in [-0.25, -0.2) is 4.98 Å². The zero-order chi connectivity index (χ0) is 18.9. The third-order valence-corrected chi connectivity index (χ3v) is 4.40. The number of ether oxygens (including phenoxy) is 1. The summed E-state index contributed by atoms with van der Waals surface area (Å²) in [6.07, 6.45) is 4.19. The average Bonchev–Trinajstić information content (AvgIpc) is 2.62. The number of methoxy groups -OCH3 is 1. The minimum absolute atomic E-state index is 0.306. The van der Waals surface area contributed by atoms with E-state index in [-0.39, 0.29) is 0 Å². The van der Waals surface area contributed by atoms with Crippen LogP contribution in [0.25, 0.3) is 0 Å². The molecule has 0 bridgehead atoms. The van der Waals surface area contributed by atoms with E-state index in [0.717, 1.165) is 47.9 Å². The lowest BCUT2D eigenvalue weighted by atomic mass is 10.0. The van der Waals surface area contributed by atoms with E-state index in [2.05, 4.69) is 39.7 Å². The molecule has 0 atom stereocenters. The Kier molecular flexibility index (Phi) is 7.66.